The lowest BCUT2D eigenvalue weighted by Gasteiger charge is -1.84. The van der Waals surface area contributed by atoms with Crippen LogP contribution in [0.25, 0.3) is 0 Å². The molecule has 0 bridgehead atoms. The fraction of sp³-hybridized carbons (Fsp3) is 0.250. The second-order valence-corrected chi connectivity index (χ2v) is 3.20. The molecule has 0 aliphatic heterocycles. The van der Waals surface area contributed by atoms with Crippen LogP contribution in [0.4, 0.5) is 0 Å². The number of imidazole rings is 1. The van der Waals surface area contributed by atoms with E-state index >= 15 is 0 Å². The average Bonchev–Trinajstić information content (AvgIpc) is 2.11. The zero-order chi connectivity index (χ0) is 7.78. The van der Waals surface area contributed by atoms with Crippen LogP contribution in [-0.4, -0.2) is 16.9 Å². The van der Waals surface area contributed by atoms with Gasteiger partial charge in [0.25, 0.3) is 6.33 Å². The highest BCUT2D eigenvalue weighted by atomic mass is 35.5. The Morgan fingerprint density at radius 2 is 2.09 bits per heavy atom. The van der Waals surface area contributed by atoms with Crippen LogP contribution in [0.1, 0.15) is 0 Å². The Morgan fingerprint density at radius 3 is 2.27 bits per heavy atom. The Morgan fingerprint density at radius 1 is 1.55 bits per heavy atom. The van der Waals surface area contributed by atoms with Gasteiger partial charge in [0.15, 0.2) is 0 Å². The first-order chi connectivity index (χ1) is 4.50. The van der Waals surface area contributed by atoms with Crippen molar-refractivity contribution < 1.29 is 29.9 Å². The number of hydrogen-bond acceptors (Lipinski definition) is 2. The molecule has 0 saturated carbocycles. The molecule has 0 radical (unpaired) electrons. The van der Waals surface area contributed by atoms with Crippen LogP contribution in [0.15, 0.2) is 18.7 Å². The Balaban J connectivity index is 0.000001000. The molecule has 1 aromatic rings. The third-order valence-corrected chi connectivity index (χ3v) is 1.76. The monoisotopic (exact) mass is 198 g/mol. The lowest BCUT2D eigenvalue weighted by atomic mass is 10.9. The van der Waals surface area contributed by atoms with Gasteiger partial charge in [-0.3, -0.25) is 4.55 Å². The maximum atomic E-state index is 10.4. The van der Waals surface area contributed by atoms with Gasteiger partial charge in [0.2, 0.25) is 0 Å². The number of aromatic nitrogens is 2. The minimum absolute atomic E-state index is 0. The molecule has 5 nitrogen and oxygen atoms in total. The highest BCUT2D eigenvalue weighted by Gasteiger charge is 2.13. The molecule has 0 aliphatic rings. The highest BCUT2D eigenvalue weighted by molar-refractivity contribution is 7.84. The largest absolute Gasteiger partial charge is 1.00 e. The maximum absolute atomic E-state index is 10.4. The van der Waals surface area contributed by atoms with Crippen molar-refractivity contribution >= 4 is 10.3 Å². The summed E-state index contributed by atoms with van der Waals surface area (Å²) in [6.07, 6.45) is 4.00. The highest BCUT2D eigenvalue weighted by Crippen LogP contribution is 1.87. The summed E-state index contributed by atoms with van der Waals surface area (Å²) in [6, 6.07) is 0. The summed E-state index contributed by atoms with van der Waals surface area (Å²) in [5.74, 6) is 0. The minimum atomic E-state index is -4.09. The predicted octanol–water partition coefficient (Wildman–Crippen LogP) is -4.03. The van der Waals surface area contributed by atoms with Gasteiger partial charge >= 0.3 is 10.3 Å². The van der Waals surface area contributed by atoms with Gasteiger partial charge in [-0.2, -0.15) is 8.42 Å². The topological polar surface area (TPSA) is 63.2 Å². The van der Waals surface area contributed by atoms with E-state index in [0.717, 1.165) is 0 Å². The Labute approximate surface area is 70.6 Å². The molecule has 0 aliphatic carbocycles. The van der Waals surface area contributed by atoms with Crippen LogP contribution in [-0.2, 0) is 17.4 Å². The molecule has 0 unspecified atom stereocenters. The number of aryl methyl sites for hydroxylation is 1. The van der Waals surface area contributed by atoms with Crippen molar-refractivity contribution in [1.29, 1.82) is 0 Å². The molecule has 1 heterocycles. The smallest absolute Gasteiger partial charge is 0.439 e. The van der Waals surface area contributed by atoms with Gasteiger partial charge in [0.1, 0.15) is 12.4 Å². The van der Waals surface area contributed by atoms with Crippen molar-refractivity contribution in [2.45, 2.75) is 0 Å². The fourth-order valence-corrected chi connectivity index (χ4v) is 1.04. The molecule has 0 saturated heterocycles. The van der Waals surface area contributed by atoms with Crippen LogP contribution in [0, 0.1) is 0 Å². The summed E-state index contributed by atoms with van der Waals surface area (Å²) < 4.78 is 31.3. The Kier molecular flexibility index (Phi) is 3.03. The van der Waals surface area contributed by atoms with Gasteiger partial charge < -0.3 is 12.4 Å². The second kappa shape index (κ2) is 3.21. The van der Waals surface area contributed by atoms with Crippen LogP contribution < -0.4 is 17.0 Å². The lowest BCUT2D eigenvalue weighted by molar-refractivity contribution is -0.670. The van der Waals surface area contributed by atoms with Crippen molar-refractivity contribution in [3.63, 3.8) is 0 Å². The minimum Gasteiger partial charge on any atom is -1.00 e. The molecule has 1 N–H and O–H groups in total. The lowest BCUT2D eigenvalue weighted by Crippen LogP contribution is -3.00. The summed E-state index contributed by atoms with van der Waals surface area (Å²) in [5, 5.41) is 0. The van der Waals surface area contributed by atoms with Gasteiger partial charge in [0.05, 0.1) is 7.05 Å². The van der Waals surface area contributed by atoms with E-state index in [9.17, 15) is 8.42 Å². The third-order valence-electron chi connectivity index (χ3n) is 1.01. The first-order valence-electron chi connectivity index (χ1n) is 2.51. The summed E-state index contributed by atoms with van der Waals surface area (Å²) in [5.41, 5.74) is 0. The van der Waals surface area contributed by atoms with Gasteiger partial charge in [-0.1, -0.05) is 0 Å². The van der Waals surface area contributed by atoms with E-state index in [0.29, 0.717) is 3.97 Å². The van der Waals surface area contributed by atoms with E-state index in [-0.39, 0.29) is 12.4 Å². The van der Waals surface area contributed by atoms with Gasteiger partial charge in [-0.15, -0.1) is 3.97 Å². The quantitative estimate of drug-likeness (QED) is 0.369. The van der Waals surface area contributed by atoms with Gasteiger partial charge in [0, 0.05) is 0 Å². The van der Waals surface area contributed by atoms with E-state index < -0.39 is 10.3 Å². The number of nitrogens with zero attached hydrogens (tertiary/aromatic N) is 2. The Hall–Kier alpha value is -0.590. The molecule has 0 amide bonds. The van der Waals surface area contributed by atoms with Crippen molar-refractivity contribution in [2.75, 3.05) is 0 Å². The first-order valence-corrected chi connectivity index (χ1v) is 3.91. The van der Waals surface area contributed by atoms with Gasteiger partial charge in [-0.25, -0.2) is 4.57 Å². The molecule has 0 fully saturated rings. The molecular weight excluding hydrogens is 192 g/mol. The van der Waals surface area contributed by atoms with Gasteiger partial charge in [-0.05, 0) is 0 Å². The number of hydrogen-bond donors (Lipinski definition) is 1. The summed E-state index contributed by atoms with van der Waals surface area (Å²) >= 11 is 0. The standard InChI is InChI=1S/C4H6N2O3S.ClH/c1-5-2-3-6(4-5)10(7,8)9;/h2-4H,1H3;1H. The van der Waals surface area contributed by atoms with Crippen LogP contribution in [0.5, 0.6) is 0 Å². The third kappa shape index (κ3) is 2.49. The maximum Gasteiger partial charge on any atom is 0.439 e. The van der Waals surface area contributed by atoms with E-state index in [2.05, 4.69) is 0 Å². The summed E-state index contributed by atoms with van der Waals surface area (Å²) in [4.78, 5) is 0. The number of rotatable bonds is 1. The fourth-order valence-electron chi connectivity index (χ4n) is 0.564. The van der Waals surface area contributed by atoms with Crippen molar-refractivity contribution in [3.05, 3.63) is 18.7 Å². The summed E-state index contributed by atoms with van der Waals surface area (Å²) in [6.45, 7) is 0. The van der Waals surface area contributed by atoms with Crippen molar-refractivity contribution in [2.24, 2.45) is 7.05 Å². The van der Waals surface area contributed by atoms with Crippen LogP contribution in [0.3, 0.4) is 0 Å². The van der Waals surface area contributed by atoms with E-state index in [1.807, 2.05) is 0 Å². The first kappa shape index (κ1) is 10.4. The molecule has 0 atom stereocenters. The zero-order valence-corrected chi connectivity index (χ0v) is 7.25. The molecule has 11 heavy (non-hydrogen) atoms. The average molecular weight is 199 g/mol. The van der Waals surface area contributed by atoms with E-state index in [1.54, 1.807) is 7.05 Å². The Bertz CT molecular complexity index is 331. The van der Waals surface area contributed by atoms with Crippen molar-refractivity contribution in [3.8, 4) is 0 Å². The van der Waals surface area contributed by atoms with E-state index in [1.165, 1.54) is 23.3 Å². The van der Waals surface area contributed by atoms with E-state index in [4.69, 9.17) is 4.55 Å². The van der Waals surface area contributed by atoms with Crippen LogP contribution in [0.2, 0.25) is 0 Å². The molecule has 0 spiro atoms. The molecule has 1 rings (SSSR count). The molecule has 64 valence electrons. The molecular formula is C4H7ClN2O3S. The normalized spacial score (nSPS) is 10.7. The molecule has 0 aromatic carbocycles. The zero-order valence-electron chi connectivity index (χ0n) is 5.68. The SMILES string of the molecule is C[n+]1ccn(S(=O)(=O)O)c1.[Cl-]. The van der Waals surface area contributed by atoms with Crippen molar-refractivity contribution in [1.82, 2.24) is 3.97 Å². The van der Waals surface area contributed by atoms with Crippen LogP contribution >= 0.6 is 0 Å². The molecule has 1 aromatic heterocycles. The summed E-state index contributed by atoms with van der Waals surface area (Å²) in [7, 11) is -2.43. The number of halogens is 1. The molecule has 7 heteroatoms. The second-order valence-electron chi connectivity index (χ2n) is 1.89. The predicted molar refractivity (Wildman–Crippen MR) is 32.6 cm³/mol.